The molecule has 0 aromatic carbocycles. The lowest BCUT2D eigenvalue weighted by Gasteiger charge is -2.15. The highest BCUT2D eigenvalue weighted by Gasteiger charge is 2.46. The first-order valence-electron chi connectivity index (χ1n) is 6.25. The van der Waals surface area contributed by atoms with Gasteiger partial charge in [0.25, 0.3) is 0 Å². The van der Waals surface area contributed by atoms with Crippen LogP contribution in [0.5, 0.6) is 0 Å². The van der Waals surface area contributed by atoms with Crippen LogP contribution >= 0.6 is 0 Å². The summed E-state index contributed by atoms with van der Waals surface area (Å²) in [5, 5.41) is 8.80. The smallest absolute Gasteiger partial charge is 0.306 e. The zero-order chi connectivity index (χ0) is 13.3. The van der Waals surface area contributed by atoms with Crippen LogP contribution in [0.4, 0.5) is 0 Å². The molecular formula is C13H17NO4. The van der Waals surface area contributed by atoms with E-state index in [0.717, 1.165) is 0 Å². The lowest BCUT2D eigenvalue weighted by Crippen LogP contribution is -2.33. The summed E-state index contributed by atoms with van der Waals surface area (Å²) in [5.41, 5.74) is 0. The number of nitrogens with zero attached hydrogens (tertiary/aromatic N) is 1. The van der Waals surface area contributed by atoms with Crippen molar-refractivity contribution in [3.05, 3.63) is 12.2 Å². The summed E-state index contributed by atoms with van der Waals surface area (Å²) in [4.78, 5) is 36.1. The number of amides is 2. The Morgan fingerprint density at radius 2 is 1.83 bits per heavy atom. The molecule has 1 fully saturated rings. The third kappa shape index (κ3) is 2.17. The molecule has 2 aliphatic rings. The number of hydrogen-bond donors (Lipinski definition) is 1. The van der Waals surface area contributed by atoms with E-state index in [1.54, 1.807) is 6.92 Å². The van der Waals surface area contributed by atoms with Crippen LogP contribution in [0.25, 0.3) is 0 Å². The maximum atomic E-state index is 12.1. The second-order valence-electron chi connectivity index (χ2n) is 5.01. The quantitative estimate of drug-likeness (QED) is 0.598. The van der Waals surface area contributed by atoms with Crippen molar-refractivity contribution in [1.29, 1.82) is 0 Å². The van der Waals surface area contributed by atoms with E-state index in [4.69, 9.17) is 5.11 Å². The fourth-order valence-electron chi connectivity index (χ4n) is 2.54. The number of aliphatic carboxylic acids is 1. The predicted octanol–water partition coefficient (Wildman–Crippen LogP) is 1.05. The van der Waals surface area contributed by atoms with Gasteiger partial charge in [-0.15, -0.1) is 0 Å². The fraction of sp³-hybridized carbons (Fsp3) is 0.615. The van der Waals surface area contributed by atoms with Crippen LogP contribution < -0.4 is 0 Å². The van der Waals surface area contributed by atoms with E-state index in [2.05, 4.69) is 0 Å². The van der Waals surface area contributed by atoms with Crippen molar-refractivity contribution in [2.75, 3.05) is 6.54 Å². The Morgan fingerprint density at radius 1 is 1.33 bits per heavy atom. The highest BCUT2D eigenvalue weighted by molar-refractivity contribution is 6.05. The molecule has 3 unspecified atom stereocenters. The molecule has 18 heavy (non-hydrogen) atoms. The monoisotopic (exact) mass is 251 g/mol. The van der Waals surface area contributed by atoms with E-state index in [9.17, 15) is 14.4 Å². The molecule has 2 amide bonds. The Labute approximate surface area is 105 Å². The molecule has 5 heteroatoms. The van der Waals surface area contributed by atoms with Gasteiger partial charge in [0.15, 0.2) is 0 Å². The van der Waals surface area contributed by atoms with Crippen molar-refractivity contribution >= 4 is 17.8 Å². The first-order chi connectivity index (χ1) is 8.52. The molecule has 0 bridgehead atoms. The highest BCUT2D eigenvalue weighted by atomic mass is 16.4. The van der Waals surface area contributed by atoms with E-state index in [-0.39, 0.29) is 30.2 Å². The van der Waals surface area contributed by atoms with Crippen LogP contribution in [0.2, 0.25) is 0 Å². The molecule has 1 N–H and O–H groups in total. The zero-order valence-corrected chi connectivity index (χ0v) is 10.3. The van der Waals surface area contributed by atoms with Gasteiger partial charge in [0.2, 0.25) is 11.8 Å². The number of hydrogen-bond acceptors (Lipinski definition) is 3. The predicted molar refractivity (Wildman–Crippen MR) is 63.5 cm³/mol. The maximum absolute atomic E-state index is 12.1. The summed E-state index contributed by atoms with van der Waals surface area (Å²) < 4.78 is 0. The van der Waals surface area contributed by atoms with Gasteiger partial charge in [0.05, 0.1) is 17.8 Å². The molecule has 1 saturated heterocycles. The second kappa shape index (κ2) is 4.92. The Morgan fingerprint density at radius 3 is 2.28 bits per heavy atom. The van der Waals surface area contributed by atoms with E-state index in [1.165, 1.54) is 4.90 Å². The van der Waals surface area contributed by atoms with Crippen molar-refractivity contribution in [2.24, 2.45) is 17.8 Å². The molecule has 0 aromatic rings. The lowest BCUT2D eigenvalue weighted by atomic mass is 9.85. The number of allylic oxidation sites excluding steroid dienone is 2. The number of carbonyl (C=O) groups excluding carboxylic acids is 2. The molecular weight excluding hydrogens is 234 g/mol. The second-order valence-corrected chi connectivity index (χ2v) is 5.01. The van der Waals surface area contributed by atoms with Gasteiger partial charge in [0, 0.05) is 6.54 Å². The number of carboxylic acids is 1. The van der Waals surface area contributed by atoms with Crippen LogP contribution in [-0.4, -0.2) is 34.3 Å². The average Bonchev–Trinajstić information content (AvgIpc) is 2.60. The van der Waals surface area contributed by atoms with Crippen molar-refractivity contribution < 1.29 is 19.5 Å². The number of likely N-dealkylation sites (tertiary alicyclic amines) is 1. The molecule has 0 radical (unpaired) electrons. The van der Waals surface area contributed by atoms with Gasteiger partial charge < -0.3 is 5.11 Å². The Bertz CT molecular complexity index is 389. The van der Waals surface area contributed by atoms with Crippen molar-refractivity contribution in [3.63, 3.8) is 0 Å². The molecule has 3 atom stereocenters. The van der Waals surface area contributed by atoms with Gasteiger partial charge in [0.1, 0.15) is 0 Å². The normalized spacial score (nSPS) is 28.4. The van der Waals surface area contributed by atoms with Gasteiger partial charge in [-0.2, -0.15) is 0 Å². The van der Waals surface area contributed by atoms with E-state index in [0.29, 0.717) is 19.3 Å². The van der Waals surface area contributed by atoms with Gasteiger partial charge in [-0.05, 0) is 19.3 Å². The topological polar surface area (TPSA) is 74.7 Å². The maximum Gasteiger partial charge on any atom is 0.306 e. The van der Waals surface area contributed by atoms with Crippen LogP contribution in [-0.2, 0) is 14.4 Å². The Hall–Kier alpha value is -1.65. The summed E-state index contributed by atoms with van der Waals surface area (Å²) in [7, 11) is 0. The molecule has 5 nitrogen and oxygen atoms in total. The minimum absolute atomic E-state index is 0.132. The first-order valence-corrected chi connectivity index (χ1v) is 6.25. The average molecular weight is 251 g/mol. The van der Waals surface area contributed by atoms with Gasteiger partial charge >= 0.3 is 5.97 Å². The van der Waals surface area contributed by atoms with Crippen LogP contribution in [0.1, 0.15) is 26.2 Å². The van der Waals surface area contributed by atoms with Gasteiger partial charge in [-0.25, -0.2) is 0 Å². The number of imide groups is 1. The summed E-state index contributed by atoms with van der Waals surface area (Å²) in [6.45, 7) is 1.81. The summed E-state index contributed by atoms with van der Waals surface area (Å²) in [5.74, 6) is -2.14. The van der Waals surface area contributed by atoms with Crippen molar-refractivity contribution in [3.8, 4) is 0 Å². The van der Waals surface area contributed by atoms with Crippen LogP contribution in [0.3, 0.4) is 0 Å². The molecule has 1 heterocycles. The number of rotatable bonds is 4. The van der Waals surface area contributed by atoms with Gasteiger partial charge in [-0.1, -0.05) is 19.1 Å². The van der Waals surface area contributed by atoms with E-state index >= 15 is 0 Å². The Kier molecular flexibility index (Phi) is 3.50. The standard InChI is InChI=1S/C13H17NO4/c1-8(13(17)18)6-7-14-11(15)9-4-2-3-5-10(9)12(14)16/h2-3,8-10H,4-7H2,1H3,(H,17,18). The molecule has 0 spiro atoms. The SMILES string of the molecule is CC(CCN1C(=O)C2CC=CCC2C1=O)C(=O)O. The summed E-state index contributed by atoms with van der Waals surface area (Å²) in [6.07, 6.45) is 5.45. The minimum atomic E-state index is -0.895. The molecule has 1 aliphatic carbocycles. The molecule has 1 aliphatic heterocycles. The molecule has 2 rings (SSSR count). The number of carbonyl (C=O) groups is 3. The number of fused-ring (bicyclic) bond motifs is 1. The van der Waals surface area contributed by atoms with Crippen LogP contribution in [0.15, 0.2) is 12.2 Å². The molecule has 0 aromatic heterocycles. The van der Waals surface area contributed by atoms with Crippen molar-refractivity contribution in [2.45, 2.75) is 26.2 Å². The van der Waals surface area contributed by atoms with Crippen LogP contribution in [0, 0.1) is 17.8 Å². The largest absolute Gasteiger partial charge is 0.481 e. The molecule has 98 valence electrons. The zero-order valence-electron chi connectivity index (χ0n) is 10.3. The van der Waals surface area contributed by atoms with E-state index < -0.39 is 11.9 Å². The van der Waals surface area contributed by atoms with Gasteiger partial charge in [-0.3, -0.25) is 19.3 Å². The van der Waals surface area contributed by atoms with Crippen molar-refractivity contribution in [1.82, 2.24) is 4.90 Å². The molecule has 0 saturated carbocycles. The third-order valence-electron chi connectivity index (χ3n) is 3.81. The summed E-state index contributed by atoms with van der Waals surface area (Å²) >= 11 is 0. The van der Waals surface area contributed by atoms with E-state index in [1.807, 2.05) is 12.2 Å². The first kappa shape index (κ1) is 12.8. The summed E-state index contributed by atoms with van der Waals surface area (Å²) in [6, 6.07) is 0. The highest BCUT2D eigenvalue weighted by Crippen LogP contribution is 2.35. The lowest BCUT2D eigenvalue weighted by molar-refractivity contribution is -0.144. The minimum Gasteiger partial charge on any atom is -0.481 e. The Balaban J connectivity index is 2.00. The fourth-order valence-corrected chi connectivity index (χ4v) is 2.54. The number of carboxylic acid groups (broad SMARTS) is 1. The third-order valence-corrected chi connectivity index (χ3v) is 3.81.